The number of alkyl halides is 3. The molecule has 0 aliphatic carbocycles. The third kappa shape index (κ3) is 7.31. The normalized spacial score (nSPS) is 12.1. The molecule has 9 heteroatoms. The van der Waals surface area contributed by atoms with Crippen molar-refractivity contribution >= 4 is 11.8 Å². The molecule has 0 fully saturated rings. The van der Waals surface area contributed by atoms with Crippen LogP contribution in [0.1, 0.15) is 52.4 Å². The van der Waals surface area contributed by atoms with Crippen molar-refractivity contribution in [1.29, 1.82) is 0 Å². The van der Waals surface area contributed by atoms with Gasteiger partial charge in [-0.2, -0.15) is 13.2 Å². The molecule has 1 N–H and O–H groups in total. The smallest absolute Gasteiger partial charge is 0.417 e. The molecule has 36 heavy (non-hydrogen) atoms. The van der Waals surface area contributed by atoms with Crippen LogP contribution in [0.15, 0.2) is 60.8 Å². The van der Waals surface area contributed by atoms with Gasteiger partial charge in [0, 0.05) is 24.6 Å². The van der Waals surface area contributed by atoms with E-state index in [0.29, 0.717) is 24.8 Å². The van der Waals surface area contributed by atoms with Crippen LogP contribution in [0, 0.1) is 6.92 Å². The number of carboxylic acid groups (broad SMARTS) is 1. The van der Waals surface area contributed by atoms with Gasteiger partial charge in [0.25, 0.3) is 0 Å². The zero-order chi connectivity index (χ0) is 26.3. The molecule has 190 valence electrons. The van der Waals surface area contributed by atoms with Crippen LogP contribution in [0.25, 0.3) is 0 Å². The first-order chi connectivity index (χ1) is 17.0. The van der Waals surface area contributed by atoms with E-state index >= 15 is 0 Å². The number of ether oxygens (including phenoxy) is 2. The van der Waals surface area contributed by atoms with E-state index in [1.807, 2.05) is 19.1 Å². The minimum Gasteiger partial charge on any atom is -0.493 e. The Hall–Kier alpha value is -3.88. The highest BCUT2D eigenvalue weighted by Crippen LogP contribution is 2.32. The number of benzene rings is 2. The minimum atomic E-state index is -4.65. The molecule has 1 unspecified atom stereocenters. The van der Waals surface area contributed by atoms with Crippen molar-refractivity contribution < 1.29 is 37.3 Å². The van der Waals surface area contributed by atoms with Crippen LogP contribution in [0.3, 0.4) is 0 Å². The van der Waals surface area contributed by atoms with Crippen molar-refractivity contribution in [3.8, 4) is 11.6 Å². The topological polar surface area (TPSA) is 85.7 Å². The van der Waals surface area contributed by atoms with E-state index in [9.17, 15) is 22.8 Å². The van der Waals surface area contributed by atoms with Crippen LogP contribution < -0.4 is 9.47 Å². The lowest BCUT2D eigenvalue weighted by Crippen LogP contribution is -2.19. The first kappa shape index (κ1) is 26.7. The van der Waals surface area contributed by atoms with Gasteiger partial charge in [-0.15, -0.1) is 0 Å². The number of aliphatic carboxylic acids is 1. The van der Waals surface area contributed by atoms with E-state index in [2.05, 4.69) is 4.98 Å². The number of hydrogen-bond acceptors (Lipinski definition) is 5. The molecular weight excluding hydrogens is 475 g/mol. The van der Waals surface area contributed by atoms with Gasteiger partial charge < -0.3 is 14.6 Å². The van der Waals surface area contributed by atoms with Crippen molar-refractivity contribution in [2.45, 2.75) is 45.4 Å². The number of carboxylic acids is 1. The molecule has 0 saturated carbocycles. The number of halogens is 3. The van der Waals surface area contributed by atoms with Gasteiger partial charge in [-0.1, -0.05) is 36.4 Å². The molecule has 0 spiro atoms. The Morgan fingerprint density at radius 2 is 1.81 bits per heavy atom. The number of rotatable bonds is 11. The Kier molecular flexibility index (Phi) is 8.68. The van der Waals surface area contributed by atoms with Gasteiger partial charge in [0.1, 0.15) is 11.9 Å². The first-order valence-corrected chi connectivity index (χ1v) is 11.3. The van der Waals surface area contributed by atoms with E-state index in [4.69, 9.17) is 14.6 Å². The molecule has 0 radical (unpaired) electrons. The fourth-order valence-corrected chi connectivity index (χ4v) is 3.48. The number of carbonyl (C=O) groups is 2. The number of nitrogens with zero attached hydrogens (tertiary/aromatic N) is 1. The molecule has 1 atom stereocenters. The number of carbonyl (C=O) groups excluding carboxylic acids is 1. The van der Waals surface area contributed by atoms with Gasteiger partial charge in [-0.25, -0.2) is 4.98 Å². The molecule has 0 amide bonds. The second-order valence-corrected chi connectivity index (χ2v) is 8.32. The standard InChI is InChI=1S/C27H26F3NO5/c1-17-14-22(10-8-19(17)9-11-24(32)33)35-13-12-18(2)36-26-23(15-21(16-31-26)27(28,29)30)25(34)20-6-4-3-5-7-20/h3-8,10,14-16,18H,9,11-13H2,1-2H3,(H,32,33). The second kappa shape index (κ2) is 11.7. The van der Waals surface area contributed by atoms with Crippen molar-refractivity contribution in [2.24, 2.45) is 0 Å². The summed E-state index contributed by atoms with van der Waals surface area (Å²) in [6, 6.07) is 14.1. The number of aryl methyl sites for hydroxylation is 2. The number of ketones is 1. The van der Waals surface area contributed by atoms with Crippen LogP contribution in [-0.4, -0.2) is 34.6 Å². The van der Waals surface area contributed by atoms with E-state index in [1.54, 1.807) is 31.2 Å². The molecule has 0 aliphatic rings. The van der Waals surface area contributed by atoms with Gasteiger partial charge in [-0.3, -0.25) is 9.59 Å². The van der Waals surface area contributed by atoms with E-state index in [0.717, 1.165) is 17.2 Å². The average Bonchev–Trinajstić information content (AvgIpc) is 2.83. The zero-order valence-electron chi connectivity index (χ0n) is 19.8. The largest absolute Gasteiger partial charge is 0.493 e. The molecular formula is C27H26F3NO5. The molecule has 3 rings (SSSR count). The lowest BCUT2D eigenvalue weighted by Gasteiger charge is -2.18. The summed E-state index contributed by atoms with van der Waals surface area (Å²) in [5, 5.41) is 8.84. The summed E-state index contributed by atoms with van der Waals surface area (Å²) in [5.41, 5.74) is 0.756. The summed E-state index contributed by atoms with van der Waals surface area (Å²) in [6.45, 7) is 3.83. The van der Waals surface area contributed by atoms with E-state index in [1.165, 1.54) is 12.1 Å². The number of hydrogen-bond donors (Lipinski definition) is 1. The highest BCUT2D eigenvalue weighted by atomic mass is 19.4. The fraction of sp³-hybridized carbons (Fsp3) is 0.296. The van der Waals surface area contributed by atoms with Gasteiger partial charge in [0.05, 0.1) is 17.7 Å². The molecule has 2 aromatic carbocycles. The van der Waals surface area contributed by atoms with Crippen molar-refractivity contribution in [2.75, 3.05) is 6.61 Å². The van der Waals surface area contributed by atoms with Crippen molar-refractivity contribution in [3.63, 3.8) is 0 Å². The van der Waals surface area contributed by atoms with E-state index in [-0.39, 0.29) is 30.0 Å². The Bertz CT molecular complexity index is 1210. The summed E-state index contributed by atoms with van der Waals surface area (Å²) < 4.78 is 51.3. The SMILES string of the molecule is Cc1cc(OCCC(C)Oc2ncc(C(F)(F)F)cc2C(=O)c2ccccc2)ccc1CCC(=O)O. The molecule has 0 aliphatic heterocycles. The van der Waals surface area contributed by atoms with Crippen molar-refractivity contribution in [3.05, 3.63) is 88.6 Å². The average molecular weight is 502 g/mol. The van der Waals surface area contributed by atoms with E-state index < -0.39 is 29.6 Å². The van der Waals surface area contributed by atoms with Gasteiger partial charge in [-0.05, 0) is 49.6 Å². The second-order valence-electron chi connectivity index (χ2n) is 8.32. The predicted molar refractivity (Wildman–Crippen MR) is 126 cm³/mol. The highest BCUT2D eigenvalue weighted by molar-refractivity contribution is 6.10. The number of aromatic nitrogens is 1. The van der Waals surface area contributed by atoms with Crippen LogP contribution in [0.4, 0.5) is 13.2 Å². The Labute approximate surface area is 206 Å². The highest BCUT2D eigenvalue weighted by Gasteiger charge is 2.33. The predicted octanol–water partition coefficient (Wildman–Crippen LogP) is 5.89. The maximum atomic E-state index is 13.3. The Morgan fingerprint density at radius 1 is 1.08 bits per heavy atom. The van der Waals surface area contributed by atoms with Gasteiger partial charge >= 0.3 is 12.1 Å². The molecule has 1 heterocycles. The molecule has 3 aromatic rings. The van der Waals surface area contributed by atoms with Crippen LogP contribution in [0.2, 0.25) is 0 Å². The maximum Gasteiger partial charge on any atom is 0.417 e. The molecule has 6 nitrogen and oxygen atoms in total. The number of pyridine rings is 1. The summed E-state index contributed by atoms with van der Waals surface area (Å²) in [5.74, 6) is -1.06. The molecule has 0 bridgehead atoms. The Morgan fingerprint density at radius 3 is 2.44 bits per heavy atom. The van der Waals surface area contributed by atoms with Crippen LogP contribution >= 0.6 is 0 Å². The third-order valence-corrected chi connectivity index (χ3v) is 5.49. The summed E-state index contributed by atoms with van der Waals surface area (Å²) in [7, 11) is 0. The van der Waals surface area contributed by atoms with Crippen molar-refractivity contribution in [1.82, 2.24) is 4.98 Å². The summed E-state index contributed by atoms with van der Waals surface area (Å²) in [6.07, 6.45) is -3.67. The van der Waals surface area contributed by atoms with Gasteiger partial charge in [0.15, 0.2) is 5.78 Å². The lowest BCUT2D eigenvalue weighted by molar-refractivity contribution is -0.138. The Balaban J connectivity index is 1.66. The van der Waals surface area contributed by atoms with Gasteiger partial charge in [0.2, 0.25) is 5.88 Å². The molecule has 0 saturated heterocycles. The monoisotopic (exact) mass is 501 g/mol. The van der Waals surface area contributed by atoms with Crippen LogP contribution in [0.5, 0.6) is 11.6 Å². The third-order valence-electron chi connectivity index (χ3n) is 5.49. The molecule has 1 aromatic heterocycles. The minimum absolute atomic E-state index is 0.0443. The summed E-state index contributed by atoms with van der Waals surface area (Å²) in [4.78, 5) is 27.5. The quantitative estimate of drug-likeness (QED) is 0.330. The first-order valence-electron chi connectivity index (χ1n) is 11.3. The maximum absolute atomic E-state index is 13.3. The lowest BCUT2D eigenvalue weighted by atomic mass is 10.0. The summed E-state index contributed by atoms with van der Waals surface area (Å²) >= 11 is 0. The van der Waals surface area contributed by atoms with Crippen LogP contribution in [-0.2, 0) is 17.4 Å². The zero-order valence-corrected chi connectivity index (χ0v) is 19.8. The fourth-order valence-electron chi connectivity index (χ4n) is 3.48.